The highest BCUT2D eigenvalue weighted by atomic mass is 32.2. The van der Waals surface area contributed by atoms with E-state index in [4.69, 9.17) is 0 Å². The smallest absolute Gasteiger partial charge is 0.314 e. The van der Waals surface area contributed by atoms with Gasteiger partial charge in [0.2, 0.25) is 10.0 Å². The molecular formula is C15H14N4O4S. The summed E-state index contributed by atoms with van der Waals surface area (Å²) in [5.41, 5.74) is 0.154. The molecule has 9 heteroatoms. The second kappa shape index (κ2) is 6.02. The van der Waals surface area contributed by atoms with Crippen LogP contribution in [0, 0.1) is 6.92 Å². The van der Waals surface area contributed by atoms with E-state index in [9.17, 15) is 18.0 Å². The summed E-state index contributed by atoms with van der Waals surface area (Å²) in [7, 11) is -3.80. The molecule has 3 rings (SSSR count). The fourth-order valence-electron chi connectivity index (χ4n) is 2.30. The van der Waals surface area contributed by atoms with E-state index in [0.29, 0.717) is 11.1 Å². The fraction of sp³-hybridized carbons (Fsp3) is 0.133. The van der Waals surface area contributed by atoms with Crippen molar-refractivity contribution in [1.82, 2.24) is 19.7 Å². The number of aromatic nitrogens is 3. The summed E-state index contributed by atoms with van der Waals surface area (Å²) in [4.78, 5) is 31.5. The maximum atomic E-state index is 12.5. The molecule has 0 fully saturated rings. The molecule has 3 aromatic rings. The number of nitrogens with one attached hydrogen (secondary N) is 3. The Bertz CT molecular complexity index is 1120. The van der Waals surface area contributed by atoms with Crippen molar-refractivity contribution < 1.29 is 8.42 Å². The number of aryl methyl sites for hydroxylation is 1. The van der Waals surface area contributed by atoms with E-state index in [2.05, 4.69) is 19.7 Å². The lowest BCUT2D eigenvalue weighted by molar-refractivity contribution is 0.580. The van der Waals surface area contributed by atoms with E-state index in [-0.39, 0.29) is 17.0 Å². The molecule has 8 nitrogen and oxygen atoms in total. The van der Waals surface area contributed by atoms with Gasteiger partial charge in [-0.05, 0) is 36.2 Å². The molecule has 124 valence electrons. The zero-order chi connectivity index (χ0) is 17.3. The normalized spacial score (nSPS) is 11.7. The number of hydrogen-bond donors (Lipinski definition) is 3. The van der Waals surface area contributed by atoms with Crippen LogP contribution in [0.3, 0.4) is 0 Å². The van der Waals surface area contributed by atoms with Gasteiger partial charge in [-0.1, -0.05) is 6.07 Å². The largest absolute Gasteiger partial charge is 0.316 e. The Kier molecular flexibility index (Phi) is 4.04. The number of hydrogen-bond acceptors (Lipinski definition) is 5. The molecule has 0 bridgehead atoms. The molecule has 24 heavy (non-hydrogen) atoms. The molecular weight excluding hydrogens is 332 g/mol. The molecule has 2 aromatic heterocycles. The molecule has 3 N–H and O–H groups in total. The predicted molar refractivity (Wildman–Crippen MR) is 88.2 cm³/mol. The highest BCUT2D eigenvalue weighted by Crippen LogP contribution is 2.20. The third-order valence-corrected chi connectivity index (χ3v) is 5.04. The molecule has 0 spiro atoms. The van der Waals surface area contributed by atoms with Gasteiger partial charge in [-0.25, -0.2) is 13.1 Å². The van der Waals surface area contributed by atoms with Gasteiger partial charge in [0, 0.05) is 18.9 Å². The Morgan fingerprint density at radius 1 is 1.12 bits per heavy atom. The molecule has 0 aliphatic heterocycles. The van der Waals surface area contributed by atoms with Crippen molar-refractivity contribution in [2.75, 3.05) is 0 Å². The lowest BCUT2D eigenvalue weighted by Crippen LogP contribution is -2.29. The number of aromatic amines is 2. The third kappa shape index (κ3) is 3.12. The molecule has 0 aliphatic carbocycles. The fourth-order valence-corrected chi connectivity index (χ4v) is 3.57. The van der Waals surface area contributed by atoms with Crippen molar-refractivity contribution in [2.45, 2.75) is 18.4 Å². The predicted octanol–water partition coefficient (Wildman–Crippen LogP) is 0.398. The molecule has 0 radical (unpaired) electrons. The van der Waals surface area contributed by atoms with Crippen LogP contribution in [0.25, 0.3) is 11.0 Å². The number of nitrogens with zero attached hydrogens (tertiary/aromatic N) is 1. The van der Waals surface area contributed by atoms with Gasteiger partial charge in [-0.2, -0.15) is 0 Å². The second-order valence-electron chi connectivity index (χ2n) is 5.26. The number of sulfonamides is 1. The molecule has 0 saturated carbocycles. The molecule has 1 aromatic carbocycles. The van der Waals surface area contributed by atoms with E-state index in [1.165, 1.54) is 12.1 Å². The average molecular weight is 346 g/mol. The maximum Gasteiger partial charge on any atom is 0.314 e. The van der Waals surface area contributed by atoms with Gasteiger partial charge in [0.15, 0.2) is 0 Å². The second-order valence-corrected chi connectivity index (χ2v) is 6.99. The van der Waals surface area contributed by atoms with Gasteiger partial charge in [0.1, 0.15) is 0 Å². The monoisotopic (exact) mass is 346 g/mol. The highest BCUT2D eigenvalue weighted by molar-refractivity contribution is 7.89. The Balaban J connectivity index is 2.01. The lowest BCUT2D eigenvalue weighted by atomic mass is 10.2. The molecule has 0 atom stereocenters. The number of fused-ring (bicyclic) bond motifs is 1. The zero-order valence-corrected chi connectivity index (χ0v) is 13.5. The van der Waals surface area contributed by atoms with Crippen LogP contribution in [-0.4, -0.2) is 23.4 Å². The first-order chi connectivity index (χ1) is 11.4. The topological polar surface area (TPSA) is 125 Å². The first-order valence-electron chi connectivity index (χ1n) is 7.02. The summed E-state index contributed by atoms with van der Waals surface area (Å²) in [6, 6.07) is 6.30. The average Bonchev–Trinajstić information content (AvgIpc) is 2.55. The lowest BCUT2D eigenvalue weighted by Gasteiger charge is -2.10. The minimum absolute atomic E-state index is 0.0292. The van der Waals surface area contributed by atoms with Gasteiger partial charge >= 0.3 is 11.1 Å². The Hall–Kier alpha value is -2.78. The van der Waals surface area contributed by atoms with E-state index >= 15 is 0 Å². The van der Waals surface area contributed by atoms with Crippen molar-refractivity contribution in [3.05, 3.63) is 68.5 Å². The number of rotatable bonds is 4. The highest BCUT2D eigenvalue weighted by Gasteiger charge is 2.18. The van der Waals surface area contributed by atoms with Gasteiger partial charge < -0.3 is 9.97 Å². The summed E-state index contributed by atoms with van der Waals surface area (Å²) in [5, 5.41) is 0. The van der Waals surface area contributed by atoms with Crippen LogP contribution in [0.4, 0.5) is 0 Å². The molecule has 0 aliphatic rings. The minimum atomic E-state index is -3.80. The Morgan fingerprint density at radius 2 is 1.79 bits per heavy atom. The molecule has 0 unspecified atom stereocenters. The van der Waals surface area contributed by atoms with Crippen LogP contribution in [0.1, 0.15) is 11.1 Å². The van der Waals surface area contributed by atoms with Crippen molar-refractivity contribution >= 4 is 21.1 Å². The van der Waals surface area contributed by atoms with Gasteiger partial charge in [0.25, 0.3) is 0 Å². The van der Waals surface area contributed by atoms with Crippen molar-refractivity contribution in [3.8, 4) is 0 Å². The summed E-state index contributed by atoms with van der Waals surface area (Å²) in [5.74, 6) is 0. The Labute approximate surface area is 136 Å². The minimum Gasteiger partial charge on any atom is -0.316 e. The zero-order valence-electron chi connectivity index (χ0n) is 12.7. The molecule has 0 amide bonds. The standard InChI is InChI=1S/C15H14N4O4S/c1-9-5-11-12(19-15(21)14(20)18-11)6-13(9)24(22,23)17-8-10-3-2-4-16-7-10/h2-7,17H,8H2,1H3,(H,18,20)(H,19,21). The van der Waals surface area contributed by atoms with Gasteiger partial charge in [0.05, 0.1) is 15.9 Å². The third-order valence-electron chi connectivity index (χ3n) is 3.50. The first kappa shape index (κ1) is 16.1. The van der Waals surface area contributed by atoms with Gasteiger partial charge in [-0.15, -0.1) is 0 Å². The number of benzene rings is 1. The summed E-state index contributed by atoms with van der Waals surface area (Å²) in [6.07, 6.45) is 3.17. The van der Waals surface area contributed by atoms with Crippen LogP contribution in [0.2, 0.25) is 0 Å². The van der Waals surface area contributed by atoms with Crippen molar-refractivity contribution in [1.29, 1.82) is 0 Å². The van der Waals surface area contributed by atoms with Crippen molar-refractivity contribution in [2.24, 2.45) is 0 Å². The summed E-state index contributed by atoms with van der Waals surface area (Å²) in [6.45, 7) is 1.71. The van der Waals surface area contributed by atoms with Crippen LogP contribution in [0.15, 0.2) is 51.1 Å². The van der Waals surface area contributed by atoms with Gasteiger partial charge in [-0.3, -0.25) is 14.6 Å². The number of pyridine rings is 1. The van der Waals surface area contributed by atoms with Crippen molar-refractivity contribution in [3.63, 3.8) is 0 Å². The van der Waals surface area contributed by atoms with Crippen LogP contribution >= 0.6 is 0 Å². The molecule has 2 heterocycles. The molecule has 0 saturated heterocycles. The summed E-state index contributed by atoms with van der Waals surface area (Å²) >= 11 is 0. The first-order valence-corrected chi connectivity index (χ1v) is 8.51. The van der Waals surface area contributed by atoms with Crippen LogP contribution < -0.4 is 15.8 Å². The summed E-state index contributed by atoms with van der Waals surface area (Å²) < 4.78 is 27.5. The van der Waals surface area contributed by atoms with E-state index < -0.39 is 21.1 Å². The van der Waals surface area contributed by atoms with E-state index in [0.717, 1.165) is 5.56 Å². The van der Waals surface area contributed by atoms with Crippen LogP contribution in [-0.2, 0) is 16.6 Å². The van der Waals surface area contributed by atoms with Crippen LogP contribution in [0.5, 0.6) is 0 Å². The SMILES string of the molecule is Cc1cc2[nH]c(=O)c(=O)[nH]c2cc1S(=O)(=O)NCc1cccnc1. The maximum absolute atomic E-state index is 12.5. The van der Waals surface area contributed by atoms with E-state index in [1.807, 2.05) is 0 Å². The number of H-pyrrole nitrogens is 2. The quantitative estimate of drug-likeness (QED) is 0.590. The van der Waals surface area contributed by atoms with E-state index in [1.54, 1.807) is 31.5 Å². The Morgan fingerprint density at radius 3 is 2.42 bits per heavy atom.